The third-order valence-electron chi connectivity index (χ3n) is 2.22. The van der Waals surface area contributed by atoms with Crippen LogP contribution in [0, 0.1) is 0 Å². The summed E-state index contributed by atoms with van der Waals surface area (Å²) in [4.78, 5) is 21.9. The summed E-state index contributed by atoms with van der Waals surface area (Å²) in [6.45, 7) is 3.58. The van der Waals surface area contributed by atoms with E-state index < -0.39 is 12.0 Å². The number of hydrogen-bond donors (Lipinski definition) is 2. The maximum atomic E-state index is 11.3. The van der Waals surface area contributed by atoms with E-state index in [0.29, 0.717) is 19.3 Å². The number of carbonyl (C=O) groups is 2. The number of carboxylic acids is 1. The maximum absolute atomic E-state index is 11.3. The zero-order valence-electron chi connectivity index (χ0n) is 9.45. The summed E-state index contributed by atoms with van der Waals surface area (Å²) in [7, 11) is 1.58. The SMILES string of the molecule is CC[C@@H](NC(=O)CCC(C)OC)C(=O)O. The number of ether oxygens (including phenoxy) is 1. The Labute approximate surface area is 89.8 Å². The summed E-state index contributed by atoms with van der Waals surface area (Å²) in [5.41, 5.74) is 0. The minimum Gasteiger partial charge on any atom is -0.480 e. The van der Waals surface area contributed by atoms with Crippen LogP contribution in [0.2, 0.25) is 0 Å². The molecule has 15 heavy (non-hydrogen) atoms. The van der Waals surface area contributed by atoms with Crippen molar-refractivity contribution in [3.8, 4) is 0 Å². The molecular formula is C10H19NO4. The van der Waals surface area contributed by atoms with Crippen molar-refractivity contribution in [3.05, 3.63) is 0 Å². The summed E-state index contributed by atoms with van der Waals surface area (Å²) >= 11 is 0. The maximum Gasteiger partial charge on any atom is 0.326 e. The van der Waals surface area contributed by atoms with Gasteiger partial charge in [0.15, 0.2) is 0 Å². The highest BCUT2D eigenvalue weighted by molar-refractivity contribution is 5.83. The molecule has 0 radical (unpaired) electrons. The van der Waals surface area contributed by atoms with Crippen molar-refractivity contribution in [2.24, 2.45) is 0 Å². The van der Waals surface area contributed by atoms with Crippen molar-refractivity contribution in [2.45, 2.75) is 45.3 Å². The third-order valence-corrected chi connectivity index (χ3v) is 2.22. The molecule has 0 rings (SSSR count). The van der Waals surface area contributed by atoms with E-state index in [2.05, 4.69) is 5.32 Å². The predicted octanol–water partition coefficient (Wildman–Crippen LogP) is 0.781. The first-order valence-corrected chi connectivity index (χ1v) is 5.06. The van der Waals surface area contributed by atoms with E-state index in [9.17, 15) is 9.59 Å². The molecule has 0 aliphatic rings. The molecular weight excluding hydrogens is 198 g/mol. The molecule has 0 aliphatic heterocycles. The fourth-order valence-corrected chi connectivity index (χ4v) is 1.06. The molecule has 2 atom stereocenters. The molecule has 0 aromatic carbocycles. The number of aliphatic carboxylic acids is 1. The molecule has 0 aliphatic carbocycles. The summed E-state index contributed by atoms with van der Waals surface area (Å²) in [6.07, 6.45) is 1.29. The van der Waals surface area contributed by atoms with E-state index >= 15 is 0 Å². The van der Waals surface area contributed by atoms with Crippen molar-refractivity contribution in [1.82, 2.24) is 5.32 Å². The topological polar surface area (TPSA) is 75.6 Å². The third kappa shape index (κ3) is 6.06. The van der Waals surface area contributed by atoms with Gasteiger partial charge in [-0.1, -0.05) is 6.92 Å². The quantitative estimate of drug-likeness (QED) is 0.660. The first-order valence-electron chi connectivity index (χ1n) is 5.06. The Hall–Kier alpha value is -1.10. The van der Waals surface area contributed by atoms with Crippen LogP contribution in [-0.2, 0) is 14.3 Å². The second-order valence-electron chi connectivity index (χ2n) is 3.45. The number of carboxylic acid groups (broad SMARTS) is 1. The predicted molar refractivity (Wildman–Crippen MR) is 55.6 cm³/mol. The largest absolute Gasteiger partial charge is 0.480 e. The normalized spacial score (nSPS) is 14.3. The van der Waals surface area contributed by atoms with Gasteiger partial charge in [-0.2, -0.15) is 0 Å². The average Bonchev–Trinajstić information content (AvgIpc) is 2.21. The molecule has 1 amide bonds. The molecule has 2 N–H and O–H groups in total. The summed E-state index contributed by atoms with van der Waals surface area (Å²) in [6, 6.07) is -0.782. The van der Waals surface area contributed by atoms with Crippen LogP contribution in [0.25, 0.3) is 0 Å². The zero-order chi connectivity index (χ0) is 11.8. The molecule has 0 saturated heterocycles. The van der Waals surface area contributed by atoms with Gasteiger partial charge in [-0.3, -0.25) is 4.79 Å². The van der Waals surface area contributed by atoms with Crippen LogP contribution in [0.4, 0.5) is 0 Å². The number of methoxy groups -OCH3 is 1. The molecule has 0 fully saturated rings. The Kier molecular flexibility index (Phi) is 6.70. The highest BCUT2D eigenvalue weighted by Crippen LogP contribution is 2.00. The van der Waals surface area contributed by atoms with Gasteiger partial charge in [0.25, 0.3) is 0 Å². The Morgan fingerprint density at radius 3 is 2.47 bits per heavy atom. The van der Waals surface area contributed by atoms with Crippen LogP contribution >= 0.6 is 0 Å². The molecule has 0 aromatic rings. The molecule has 0 saturated carbocycles. The summed E-state index contributed by atoms with van der Waals surface area (Å²) in [5.74, 6) is -1.24. The molecule has 88 valence electrons. The molecule has 5 nitrogen and oxygen atoms in total. The van der Waals surface area contributed by atoms with Gasteiger partial charge in [0.1, 0.15) is 6.04 Å². The van der Waals surface area contributed by atoms with Crippen molar-refractivity contribution in [3.63, 3.8) is 0 Å². The fraction of sp³-hybridized carbons (Fsp3) is 0.800. The van der Waals surface area contributed by atoms with Gasteiger partial charge < -0.3 is 15.2 Å². The summed E-state index contributed by atoms with van der Waals surface area (Å²) in [5, 5.41) is 11.2. The number of nitrogens with one attached hydrogen (secondary N) is 1. The zero-order valence-corrected chi connectivity index (χ0v) is 9.45. The van der Waals surface area contributed by atoms with Gasteiger partial charge in [-0.15, -0.1) is 0 Å². The lowest BCUT2D eigenvalue weighted by molar-refractivity contribution is -0.142. The first kappa shape index (κ1) is 13.9. The van der Waals surface area contributed by atoms with E-state index in [4.69, 9.17) is 9.84 Å². The highest BCUT2D eigenvalue weighted by atomic mass is 16.5. The minimum absolute atomic E-state index is 0.0145. The Balaban J connectivity index is 3.86. The molecule has 0 bridgehead atoms. The van der Waals surface area contributed by atoms with E-state index in [1.807, 2.05) is 6.92 Å². The Morgan fingerprint density at radius 2 is 2.07 bits per heavy atom. The Bertz CT molecular complexity index is 217. The number of amides is 1. The number of hydrogen-bond acceptors (Lipinski definition) is 3. The van der Waals surface area contributed by atoms with E-state index in [-0.39, 0.29) is 12.0 Å². The highest BCUT2D eigenvalue weighted by Gasteiger charge is 2.17. The van der Waals surface area contributed by atoms with Crippen LogP contribution in [-0.4, -0.2) is 36.2 Å². The van der Waals surface area contributed by atoms with Gasteiger partial charge in [0.2, 0.25) is 5.91 Å². The monoisotopic (exact) mass is 217 g/mol. The lowest BCUT2D eigenvalue weighted by Crippen LogP contribution is -2.40. The van der Waals surface area contributed by atoms with Gasteiger partial charge >= 0.3 is 5.97 Å². The minimum atomic E-state index is -0.995. The van der Waals surface area contributed by atoms with Crippen LogP contribution in [0.15, 0.2) is 0 Å². The molecule has 0 spiro atoms. The first-order chi connectivity index (χ1) is 7.01. The van der Waals surface area contributed by atoms with Crippen LogP contribution in [0.3, 0.4) is 0 Å². The van der Waals surface area contributed by atoms with Gasteiger partial charge in [0, 0.05) is 13.5 Å². The van der Waals surface area contributed by atoms with Gasteiger partial charge in [-0.25, -0.2) is 4.79 Å². The molecule has 0 heterocycles. The molecule has 0 aromatic heterocycles. The van der Waals surface area contributed by atoms with E-state index in [1.54, 1.807) is 14.0 Å². The van der Waals surface area contributed by atoms with Crippen molar-refractivity contribution < 1.29 is 19.4 Å². The lowest BCUT2D eigenvalue weighted by atomic mass is 10.2. The second-order valence-corrected chi connectivity index (χ2v) is 3.45. The van der Waals surface area contributed by atoms with E-state index in [0.717, 1.165) is 0 Å². The second kappa shape index (κ2) is 7.23. The van der Waals surface area contributed by atoms with Crippen LogP contribution in [0.5, 0.6) is 0 Å². The van der Waals surface area contributed by atoms with Crippen LogP contribution in [0.1, 0.15) is 33.1 Å². The fourth-order valence-electron chi connectivity index (χ4n) is 1.06. The molecule has 5 heteroatoms. The smallest absolute Gasteiger partial charge is 0.326 e. The van der Waals surface area contributed by atoms with Gasteiger partial charge in [0.05, 0.1) is 6.10 Å². The summed E-state index contributed by atoms with van der Waals surface area (Å²) < 4.78 is 4.98. The average molecular weight is 217 g/mol. The van der Waals surface area contributed by atoms with Crippen molar-refractivity contribution in [2.75, 3.05) is 7.11 Å². The standard InChI is InChI=1S/C10H19NO4/c1-4-8(10(13)14)11-9(12)6-5-7(2)15-3/h7-8H,4-6H2,1-3H3,(H,11,12)(H,13,14)/t7?,8-/m1/s1. The lowest BCUT2D eigenvalue weighted by Gasteiger charge is -2.13. The van der Waals surface area contributed by atoms with Crippen LogP contribution < -0.4 is 5.32 Å². The van der Waals surface area contributed by atoms with Gasteiger partial charge in [-0.05, 0) is 19.8 Å². The van der Waals surface area contributed by atoms with Crippen molar-refractivity contribution in [1.29, 1.82) is 0 Å². The number of rotatable bonds is 7. The van der Waals surface area contributed by atoms with E-state index in [1.165, 1.54) is 0 Å². The Morgan fingerprint density at radius 1 is 1.47 bits per heavy atom. The van der Waals surface area contributed by atoms with Crippen molar-refractivity contribution >= 4 is 11.9 Å². The molecule has 1 unspecified atom stereocenters. The number of carbonyl (C=O) groups excluding carboxylic acids is 1.